The van der Waals surface area contributed by atoms with Crippen molar-refractivity contribution in [3.63, 3.8) is 0 Å². The molecule has 2 N–H and O–H groups in total. The molecular formula is C29H32N2O4. The number of benzene rings is 2. The van der Waals surface area contributed by atoms with E-state index in [4.69, 9.17) is 0 Å². The molecule has 0 aromatic heterocycles. The summed E-state index contributed by atoms with van der Waals surface area (Å²) in [5, 5.41) is 13.8. The van der Waals surface area contributed by atoms with Crippen molar-refractivity contribution in [1.82, 2.24) is 10.2 Å². The number of nitrogens with one attached hydrogen (secondary N) is 1. The second-order valence-corrected chi connectivity index (χ2v) is 11.0. The van der Waals surface area contributed by atoms with Crippen molar-refractivity contribution in [3.8, 4) is 11.1 Å². The zero-order valence-electron chi connectivity index (χ0n) is 20.3. The van der Waals surface area contributed by atoms with Crippen LogP contribution < -0.4 is 5.32 Å². The highest BCUT2D eigenvalue weighted by molar-refractivity contribution is 6.09. The van der Waals surface area contributed by atoms with Gasteiger partial charge in [-0.15, -0.1) is 0 Å². The molecule has 2 saturated heterocycles. The fourth-order valence-corrected chi connectivity index (χ4v) is 7.28. The summed E-state index contributed by atoms with van der Waals surface area (Å²) < 4.78 is 0. The third kappa shape index (κ3) is 3.08. The van der Waals surface area contributed by atoms with Gasteiger partial charge in [0.15, 0.2) is 0 Å². The van der Waals surface area contributed by atoms with E-state index in [0.717, 1.165) is 44.1 Å². The van der Waals surface area contributed by atoms with Gasteiger partial charge in [-0.2, -0.15) is 0 Å². The number of carboxylic acid groups (broad SMARTS) is 1. The van der Waals surface area contributed by atoms with Gasteiger partial charge in [-0.1, -0.05) is 75.6 Å². The van der Waals surface area contributed by atoms with Crippen molar-refractivity contribution in [1.29, 1.82) is 0 Å². The van der Waals surface area contributed by atoms with Crippen molar-refractivity contribution < 1.29 is 19.5 Å². The maximum atomic E-state index is 13.9. The number of amides is 2. The fourth-order valence-electron chi connectivity index (χ4n) is 7.28. The van der Waals surface area contributed by atoms with Crippen molar-refractivity contribution in [2.24, 2.45) is 17.8 Å². The van der Waals surface area contributed by atoms with E-state index in [1.54, 1.807) is 0 Å². The highest BCUT2D eigenvalue weighted by Gasteiger charge is 2.70. The zero-order chi connectivity index (χ0) is 24.5. The predicted octanol–water partition coefficient (Wildman–Crippen LogP) is 4.32. The molecule has 0 bridgehead atoms. The van der Waals surface area contributed by atoms with Gasteiger partial charge in [-0.05, 0) is 53.0 Å². The number of rotatable bonds is 4. The number of likely N-dealkylation sites (tertiary alicyclic amines) is 1. The van der Waals surface area contributed by atoms with Crippen LogP contribution in [0.15, 0.2) is 42.5 Å². The van der Waals surface area contributed by atoms with E-state index < -0.39 is 29.4 Å². The van der Waals surface area contributed by atoms with E-state index in [2.05, 4.69) is 29.6 Å². The van der Waals surface area contributed by atoms with Crippen LogP contribution in [0.4, 0.5) is 0 Å². The second-order valence-electron chi connectivity index (χ2n) is 11.0. The molecule has 2 aromatic carbocycles. The average Bonchev–Trinajstić information content (AvgIpc) is 3.48. The molecule has 2 aromatic rings. The first kappa shape index (κ1) is 22.5. The Morgan fingerprint density at radius 1 is 1.00 bits per heavy atom. The standard InChI is InChI=1S/C29H32N2O4/c1-16(2)29(28(34)35)24-23(26(32)31(27(24)33)20-9-4-3-5-10-20)25(30-29)18-12-13-22-19(15-18)14-17-8-6-7-11-21(17)22/h6-8,11-13,15-16,20,23-25,30H,3-5,9-10,14H2,1-2H3,(H,34,35). The summed E-state index contributed by atoms with van der Waals surface area (Å²) in [4.78, 5) is 42.0. The lowest BCUT2D eigenvalue weighted by Gasteiger charge is -2.36. The lowest BCUT2D eigenvalue weighted by molar-refractivity contribution is -0.154. The molecule has 182 valence electrons. The van der Waals surface area contributed by atoms with Crippen LogP contribution in [0.25, 0.3) is 11.1 Å². The molecule has 1 saturated carbocycles. The number of carbonyl (C=O) groups excluding carboxylic acids is 2. The number of imide groups is 1. The highest BCUT2D eigenvalue weighted by atomic mass is 16.4. The van der Waals surface area contributed by atoms with E-state index in [9.17, 15) is 19.5 Å². The summed E-state index contributed by atoms with van der Waals surface area (Å²) in [5.74, 6) is -3.51. The molecule has 6 nitrogen and oxygen atoms in total. The van der Waals surface area contributed by atoms with Gasteiger partial charge in [0.05, 0.1) is 11.8 Å². The number of nitrogens with zero attached hydrogens (tertiary/aromatic N) is 1. The first-order valence-corrected chi connectivity index (χ1v) is 12.9. The maximum Gasteiger partial charge on any atom is 0.325 e. The second kappa shape index (κ2) is 8.02. The molecule has 6 rings (SSSR count). The summed E-state index contributed by atoms with van der Waals surface area (Å²) in [6.45, 7) is 3.67. The Hall–Kier alpha value is -2.99. The normalized spacial score (nSPS) is 30.0. The van der Waals surface area contributed by atoms with Gasteiger partial charge in [0.1, 0.15) is 5.54 Å². The smallest absolute Gasteiger partial charge is 0.325 e. The Balaban J connectivity index is 1.43. The van der Waals surface area contributed by atoms with E-state index in [1.807, 2.05) is 32.0 Å². The minimum Gasteiger partial charge on any atom is -0.480 e. The molecule has 2 aliphatic heterocycles. The van der Waals surface area contributed by atoms with E-state index in [-0.39, 0.29) is 23.8 Å². The largest absolute Gasteiger partial charge is 0.480 e. The Labute approximate surface area is 205 Å². The fraction of sp³-hybridized carbons (Fsp3) is 0.483. The van der Waals surface area contributed by atoms with Crippen LogP contribution in [0.2, 0.25) is 0 Å². The number of fused-ring (bicyclic) bond motifs is 4. The first-order valence-electron chi connectivity index (χ1n) is 12.9. The molecule has 0 radical (unpaired) electrons. The van der Waals surface area contributed by atoms with Crippen LogP contribution in [-0.4, -0.2) is 39.4 Å². The summed E-state index contributed by atoms with van der Waals surface area (Å²) in [6.07, 6.45) is 5.56. The van der Waals surface area contributed by atoms with Gasteiger partial charge in [0.25, 0.3) is 0 Å². The third-order valence-electron chi connectivity index (χ3n) is 9.01. The number of carbonyl (C=O) groups is 3. The van der Waals surface area contributed by atoms with Crippen LogP contribution in [-0.2, 0) is 20.8 Å². The quantitative estimate of drug-likeness (QED) is 0.553. The van der Waals surface area contributed by atoms with Gasteiger partial charge in [0, 0.05) is 12.1 Å². The van der Waals surface area contributed by atoms with Gasteiger partial charge < -0.3 is 5.11 Å². The molecular weight excluding hydrogens is 440 g/mol. The van der Waals surface area contributed by atoms with Gasteiger partial charge >= 0.3 is 5.97 Å². The predicted molar refractivity (Wildman–Crippen MR) is 131 cm³/mol. The molecule has 2 aliphatic carbocycles. The Kier molecular flexibility index (Phi) is 5.15. The lowest BCUT2D eigenvalue weighted by Crippen LogP contribution is -2.59. The van der Waals surface area contributed by atoms with E-state index in [0.29, 0.717) is 0 Å². The molecule has 4 aliphatic rings. The third-order valence-corrected chi connectivity index (χ3v) is 9.01. The van der Waals surface area contributed by atoms with Crippen molar-refractivity contribution in [3.05, 3.63) is 59.2 Å². The molecule has 4 unspecified atom stereocenters. The maximum absolute atomic E-state index is 13.9. The minimum absolute atomic E-state index is 0.108. The lowest BCUT2D eigenvalue weighted by atomic mass is 9.73. The molecule has 6 heteroatoms. The number of aliphatic carboxylic acids is 1. The van der Waals surface area contributed by atoms with Crippen molar-refractivity contribution in [2.75, 3.05) is 0 Å². The topological polar surface area (TPSA) is 86.7 Å². The number of hydrogen-bond donors (Lipinski definition) is 2. The van der Waals surface area contributed by atoms with Crippen molar-refractivity contribution in [2.45, 2.75) is 70.0 Å². The van der Waals surface area contributed by atoms with Crippen LogP contribution in [0, 0.1) is 17.8 Å². The summed E-state index contributed by atoms with van der Waals surface area (Å²) in [5.41, 5.74) is 4.28. The molecule has 2 heterocycles. The number of hydrogen-bond acceptors (Lipinski definition) is 4. The van der Waals surface area contributed by atoms with Crippen molar-refractivity contribution >= 4 is 17.8 Å². The zero-order valence-corrected chi connectivity index (χ0v) is 20.3. The SMILES string of the molecule is CC(C)C1(C(=O)O)NC(c2ccc3c(c2)Cc2ccccc2-3)C2C(=O)N(C3CCCCC3)C(=O)C21. The van der Waals surface area contributed by atoms with Crippen LogP contribution >= 0.6 is 0 Å². The Bertz CT molecular complexity index is 1230. The van der Waals surface area contributed by atoms with Gasteiger partial charge in [-0.3, -0.25) is 24.6 Å². The molecule has 3 fully saturated rings. The van der Waals surface area contributed by atoms with E-state index in [1.165, 1.54) is 27.2 Å². The summed E-state index contributed by atoms with van der Waals surface area (Å²) in [6, 6.07) is 13.9. The minimum atomic E-state index is -1.48. The molecule has 0 spiro atoms. The number of carboxylic acids is 1. The molecule has 2 amide bonds. The summed E-state index contributed by atoms with van der Waals surface area (Å²) >= 11 is 0. The van der Waals surface area contributed by atoms with E-state index >= 15 is 0 Å². The Morgan fingerprint density at radius 3 is 2.43 bits per heavy atom. The average molecular weight is 473 g/mol. The van der Waals surface area contributed by atoms with Gasteiger partial charge in [0.2, 0.25) is 11.8 Å². The van der Waals surface area contributed by atoms with Gasteiger partial charge in [-0.25, -0.2) is 0 Å². The monoisotopic (exact) mass is 472 g/mol. The highest BCUT2D eigenvalue weighted by Crippen LogP contribution is 2.53. The van der Waals surface area contributed by atoms with Crippen LogP contribution in [0.1, 0.15) is 68.7 Å². The molecule has 35 heavy (non-hydrogen) atoms. The Morgan fingerprint density at radius 2 is 1.71 bits per heavy atom. The van der Waals surface area contributed by atoms with Crippen LogP contribution in [0.3, 0.4) is 0 Å². The first-order chi connectivity index (χ1) is 16.8. The van der Waals surface area contributed by atoms with Crippen LogP contribution in [0.5, 0.6) is 0 Å². The molecule has 4 atom stereocenters. The summed E-state index contributed by atoms with van der Waals surface area (Å²) in [7, 11) is 0.